The predicted octanol–water partition coefficient (Wildman–Crippen LogP) is 4.78. The van der Waals surface area contributed by atoms with Gasteiger partial charge in [-0.2, -0.15) is 0 Å². The first kappa shape index (κ1) is 17.7. The minimum absolute atomic E-state index is 0.303. The van der Waals surface area contributed by atoms with E-state index < -0.39 is 5.97 Å². The van der Waals surface area contributed by atoms with Gasteiger partial charge in [-0.1, -0.05) is 23.8 Å². The maximum atomic E-state index is 12.5. The predicted molar refractivity (Wildman–Crippen MR) is 103 cm³/mol. The van der Waals surface area contributed by atoms with Gasteiger partial charge in [-0.15, -0.1) is 0 Å². The fourth-order valence-electron chi connectivity index (χ4n) is 3.04. The van der Waals surface area contributed by atoms with Gasteiger partial charge in [-0.05, 0) is 44.5 Å². The average Bonchev–Trinajstić information content (AvgIpc) is 2.62. The lowest BCUT2D eigenvalue weighted by Gasteiger charge is -2.17. The zero-order valence-corrected chi connectivity index (χ0v) is 15.4. The van der Waals surface area contributed by atoms with Crippen LogP contribution in [0.4, 0.5) is 11.4 Å². The number of aromatic nitrogens is 1. The fraction of sp³-hybridized carbons (Fsp3) is 0.238. The molecule has 0 saturated heterocycles. The highest BCUT2D eigenvalue weighted by atomic mass is 16.5. The number of carbonyl (C=O) groups is 1. The van der Waals surface area contributed by atoms with Gasteiger partial charge < -0.3 is 14.8 Å². The van der Waals surface area contributed by atoms with Crippen LogP contribution >= 0.6 is 0 Å². The molecule has 0 fully saturated rings. The Bertz CT molecular complexity index is 967. The molecule has 1 N–H and O–H groups in total. The Morgan fingerprint density at radius 3 is 2.69 bits per heavy atom. The molecule has 3 rings (SSSR count). The SMILES string of the molecule is CCOC(=O)c1cnc2c(C)cc(C)cc2c1Nc1ccccc1OC. The molecule has 0 atom stereocenters. The molecule has 0 radical (unpaired) electrons. The third kappa shape index (κ3) is 3.33. The summed E-state index contributed by atoms with van der Waals surface area (Å²) in [5, 5.41) is 4.24. The Labute approximate surface area is 153 Å². The number of rotatable bonds is 5. The number of aryl methyl sites for hydroxylation is 2. The minimum atomic E-state index is -0.404. The molecule has 134 valence electrons. The number of carbonyl (C=O) groups excluding carboxylic acids is 1. The number of hydrogen-bond acceptors (Lipinski definition) is 5. The topological polar surface area (TPSA) is 60.5 Å². The van der Waals surface area contributed by atoms with Gasteiger partial charge in [0.1, 0.15) is 11.3 Å². The van der Waals surface area contributed by atoms with E-state index in [1.54, 1.807) is 20.2 Å². The third-order valence-electron chi connectivity index (χ3n) is 4.17. The molecule has 1 heterocycles. The van der Waals surface area contributed by atoms with Crippen LogP contribution in [0.15, 0.2) is 42.6 Å². The number of anilines is 2. The van der Waals surface area contributed by atoms with Crippen molar-refractivity contribution in [3.8, 4) is 5.75 Å². The summed E-state index contributed by atoms with van der Waals surface area (Å²) >= 11 is 0. The van der Waals surface area contributed by atoms with Crippen molar-refractivity contribution in [1.29, 1.82) is 0 Å². The first-order chi connectivity index (χ1) is 12.5. The van der Waals surface area contributed by atoms with E-state index in [9.17, 15) is 4.79 Å². The van der Waals surface area contributed by atoms with Crippen molar-refractivity contribution in [3.05, 3.63) is 59.3 Å². The molecule has 0 spiro atoms. The zero-order chi connectivity index (χ0) is 18.7. The van der Waals surface area contributed by atoms with Crippen molar-refractivity contribution in [2.75, 3.05) is 19.0 Å². The Morgan fingerprint density at radius 2 is 1.96 bits per heavy atom. The number of methoxy groups -OCH3 is 1. The van der Waals surface area contributed by atoms with Gasteiger partial charge in [0.05, 0.1) is 30.6 Å². The summed E-state index contributed by atoms with van der Waals surface area (Å²) in [7, 11) is 1.62. The van der Waals surface area contributed by atoms with Gasteiger partial charge in [0.25, 0.3) is 0 Å². The molecule has 5 nitrogen and oxygen atoms in total. The number of hydrogen-bond donors (Lipinski definition) is 1. The van der Waals surface area contributed by atoms with Gasteiger partial charge in [0.15, 0.2) is 0 Å². The molecule has 0 aliphatic rings. The van der Waals surface area contributed by atoms with Gasteiger partial charge >= 0.3 is 5.97 Å². The highest BCUT2D eigenvalue weighted by Gasteiger charge is 2.19. The van der Waals surface area contributed by atoms with Crippen LogP contribution in [-0.2, 0) is 4.74 Å². The van der Waals surface area contributed by atoms with Crippen LogP contribution in [0.1, 0.15) is 28.4 Å². The first-order valence-electron chi connectivity index (χ1n) is 8.52. The van der Waals surface area contributed by atoms with Crippen LogP contribution in [0.5, 0.6) is 5.75 Å². The summed E-state index contributed by atoms with van der Waals surface area (Å²) in [5.74, 6) is 0.287. The first-order valence-corrected chi connectivity index (χ1v) is 8.52. The molecule has 3 aromatic rings. The second kappa shape index (κ2) is 7.44. The summed E-state index contributed by atoms with van der Waals surface area (Å²) in [6, 6.07) is 11.7. The van der Waals surface area contributed by atoms with Crippen molar-refractivity contribution < 1.29 is 14.3 Å². The molecule has 0 unspecified atom stereocenters. The van der Waals surface area contributed by atoms with Crippen LogP contribution in [0, 0.1) is 13.8 Å². The van der Waals surface area contributed by atoms with Gasteiger partial charge in [0.2, 0.25) is 0 Å². The van der Waals surface area contributed by atoms with Crippen molar-refractivity contribution >= 4 is 28.2 Å². The van der Waals surface area contributed by atoms with Crippen molar-refractivity contribution in [2.45, 2.75) is 20.8 Å². The van der Waals surface area contributed by atoms with E-state index in [2.05, 4.69) is 16.4 Å². The lowest BCUT2D eigenvalue weighted by molar-refractivity contribution is 0.0527. The molecular formula is C21H22N2O3. The van der Waals surface area contributed by atoms with Gasteiger partial charge in [-0.3, -0.25) is 4.98 Å². The van der Waals surface area contributed by atoms with E-state index in [4.69, 9.17) is 9.47 Å². The van der Waals surface area contributed by atoms with Gasteiger partial charge in [0, 0.05) is 11.6 Å². The minimum Gasteiger partial charge on any atom is -0.495 e. The quantitative estimate of drug-likeness (QED) is 0.671. The lowest BCUT2D eigenvalue weighted by atomic mass is 10.0. The molecule has 1 aromatic heterocycles. The van der Waals surface area contributed by atoms with Crippen LogP contribution in [-0.4, -0.2) is 24.7 Å². The Hall–Kier alpha value is -3.08. The number of para-hydroxylation sites is 2. The average molecular weight is 350 g/mol. The number of fused-ring (bicyclic) bond motifs is 1. The normalized spacial score (nSPS) is 10.6. The summed E-state index contributed by atoms with van der Waals surface area (Å²) < 4.78 is 10.7. The monoisotopic (exact) mass is 350 g/mol. The summed E-state index contributed by atoms with van der Waals surface area (Å²) in [6.45, 7) is 6.13. The number of esters is 1. The maximum Gasteiger partial charge on any atom is 0.341 e. The van der Waals surface area contributed by atoms with E-state index in [0.717, 1.165) is 27.7 Å². The number of nitrogens with zero attached hydrogens (tertiary/aromatic N) is 1. The Morgan fingerprint density at radius 1 is 1.19 bits per heavy atom. The molecule has 26 heavy (non-hydrogen) atoms. The fourth-order valence-corrected chi connectivity index (χ4v) is 3.04. The lowest BCUT2D eigenvalue weighted by Crippen LogP contribution is -2.10. The van der Waals surface area contributed by atoms with E-state index in [0.29, 0.717) is 23.6 Å². The summed E-state index contributed by atoms with van der Waals surface area (Å²) in [5.41, 5.74) is 4.84. The molecule has 5 heteroatoms. The maximum absolute atomic E-state index is 12.5. The van der Waals surface area contributed by atoms with Crippen molar-refractivity contribution in [2.24, 2.45) is 0 Å². The molecule has 0 aliphatic carbocycles. The van der Waals surface area contributed by atoms with Crippen molar-refractivity contribution in [3.63, 3.8) is 0 Å². The number of ether oxygens (including phenoxy) is 2. The zero-order valence-electron chi connectivity index (χ0n) is 15.4. The van der Waals surface area contributed by atoms with Crippen LogP contribution in [0.2, 0.25) is 0 Å². The number of nitrogens with one attached hydrogen (secondary N) is 1. The highest BCUT2D eigenvalue weighted by molar-refractivity contribution is 6.07. The molecule has 0 saturated carbocycles. The van der Waals surface area contributed by atoms with Crippen molar-refractivity contribution in [1.82, 2.24) is 4.98 Å². The summed E-state index contributed by atoms with van der Waals surface area (Å²) in [4.78, 5) is 17.0. The largest absolute Gasteiger partial charge is 0.495 e. The summed E-state index contributed by atoms with van der Waals surface area (Å²) in [6.07, 6.45) is 1.57. The van der Waals surface area contributed by atoms with Crippen LogP contribution in [0.25, 0.3) is 10.9 Å². The second-order valence-corrected chi connectivity index (χ2v) is 6.07. The molecule has 0 amide bonds. The van der Waals surface area contributed by atoms with Crippen LogP contribution in [0.3, 0.4) is 0 Å². The molecule has 2 aromatic carbocycles. The Balaban J connectivity index is 2.24. The van der Waals surface area contributed by atoms with E-state index in [1.807, 2.05) is 44.2 Å². The highest BCUT2D eigenvalue weighted by Crippen LogP contribution is 2.34. The molecule has 0 aliphatic heterocycles. The standard InChI is InChI=1S/C21H22N2O3/c1-5-26-21(24)16-12-22-19-14(3)10-13(2)11-15(19)20(16)23-17-8-6-7-9-18(17)25-4/h6-12H,5H2,1-4H3,(H,22,23). The van der Waals surface area contributed by atoms with E-state index >= 15 is 0 Å². The Kier molecular flexibility index (Phi) is 5.07. The van der Waals surface area contributed by atoms with E-state index in [1.165, 1.54) is 0 Å². The van der Waals surface area contributed by atoms with E-state index in [-0.39, 0.29) is 0 Å². The van der Waals surface area contributed by atoms with Gasteiger partial charge in [-0.25, -0.2) is 4.79 Å². The molecular weight excluding hydrogens is 328 g/mol. The number of benzene rings is 2. The number of pyridine rings is 1. The third-order valence-corrected chi connectivity index (χ3v) is 4.17. The van der Waals surface area contributed by atoms with Crippen LogP contribution < -0.4 is 10.1 Å². The second-order valence-electron chi connectivity index (χ2n) is 6.07. The smallest absolute Gasteiger partial charge is 0.341 e. The molecule has 0 bridgehead atoms.